The molecule has 90 valence electrons. The molecular formula is C13H17ClN2Si. The summed E-state index contributed by atoms with van der Waals surface area (Å²) in [6, 6.07) is 2.47. The number of nitrogens with one attached hydrogen (secondary N) is 1. The van der Waals surface area contributed by atoms with Gasteiger partial charge in [0.05, 0.1) is 11.3 Å². The minimum Gasteiger partial charge on any atom is -0.381 e. The summed E-state index contributed by atoms with van der Waals surface area (Å²) in [5, 5.41) is 3.97. The van der Waals surface area contributed by atoms with Gasteiger partial charge in [-0.2, -0.15) is 0 Å². The van der Waals surface area contributed by atoms with E-state index in [0.717, 1.165) is 11.3 Å². The highest BCUT2D eigenvalue weighted by Gasteiger charge is 2.22. The molecule has 2 rings (SSSR count). The summed E-state index contributed by atoms with van der Waals surface area (Å²) in [6.07, 6.45) is 4.24. The quantitative estimate of drug-likeness (QED) is 0.502. The monoisotopic (exact) mass is 264 g/mol. The molecule has 0 unspecified atom stereocenters. The largest absolute Gasteiger partial charge is 0.381 e. The van der Waals surface area contributed by atoms with Crippen LogP contribution in [-0.2, 0) is 0 Å². The second-order valence-electron chi connectivity index (χ2n) is 5.47. The predicted octanol–water partition coefficient (Wildman–Crippen LogP) is 3.54. The predicted molar refractivity (Wildman–Crippen MR) is 76.1 cm³/mol. The van der Waals surface area contributed by atoms with E-state index in [1.807, 2.05) is 6.07 Å². The molecule has 0 bridgehead atoms. The van der Waals surface area contributed by atoms with Crippen molar-refractivity contribution < 1.29 is 0 Å². The Hall–Kier alpha value is -0.983. The summed E-state index contributed by atoms with van der Waals surface area (Å²) >= 11 is 5.92. The standard InChI is InChI=1S/C13H17ClN2Si/c1-17(2,3)7-6-10-9-15-13(14)8-12(10)16-11-4-5-11/h8-9,11H,4-5H2,1-3H3,(H,15,16). The Balaban J connectivity index is 2.27. The lowest BCUT2D eigenvalue weighted by Crippen LogP contribution is -2.16. The molecule has 0 saturated heterocycles. The van der Waals surface area contributed by atoms with E-state index in [1.54, 1.807) is 6.20 Å². The molecule has 1 aliphatic rings. The lowest BCUT2D eigenvalue weighted by atomic mass is 10.2. The zero-order valence-corrected chi connectivity index (χ0v) is 12.2. The van der Waals surface area contributed by atoms with E-state index in [0.29, 0.717) is 11.2 Å². The molecule has 0 radical (unpaired) electrons. The van der Waals surface area contributed by atoms with Crippen molar-refractivity contribution in [1.82, 2.24) is 4.98 Å². The van der Waals surface area contributed by atoms with Crippen LogP contribution in [0.15, 0.2) is 12.3 Å². The first-order chi connectivity index (χ1) is 7.94. The molecule has 1 aliphatic carbocycles. The second kappa shape index (κ2) is 4.71. The molecule has 0 spiro atoms. The van der Waals surface area contributed by atoms with Crippen molar-refractivity contribution in [3.8, 4) is 11.5 Å². The van der Waals surface area contributed by atoms with Crippen LogP contribution in [0, 0.1) is 11.5 Å². The maximum absolute atomic E-state index is 5.92. The Labute approximate surface area is 109 Å². The topological polar surface area (TPSA) is 24.9 Å². The maximum Gasteiger partial charge on any atom is 0.131 e. The molecular weight excluding hydrogens is 248 g/mol. The highest BCUT2D eigenvalue weighted by Crippen LogP contribution is 2.27. The van der Waals surface area contributed by atoms with Gasteiger partial charge in [-0.15, -0.1) is 5.54 Å². The highest BCUT2D eigenvalue weighted by atomic mass is 35.5. The van der Waals surface area contributed by atoms with Gasteiger partial charge in [-0.05, 0) is 18.9 Å². The van der Waals surface area contributed by atoms with Crippen LogP contribution in [0.1, 0.15) is 18.4 Å². The number of anilines is 1. The zero-order valence-electron chi connectivity index (χ0n) is 10.5. The number of pyridine rings is 1. The SMILES string of the molecule is C[Si](C)(C)C#Cc1cnc(Cl)cc1NC1CC1. The van der Waals surface area contributed by atoms with Crippen molar-refractivity contribution in [3.63, 3.8) is 0 Å². The molecule has 1 aromatic heterocycles. The van der Waals surface area contributed by atoms with Crippen molar-refractivity contribution in [2.75, 3.05) is 5.32 Å². The van der Waals surface area contributed by atoms with Gasteiger partial charge in [-0.25, -0.2) is 4.98 Å². The van der Waals surface area contributed by atoms with Crippen LogP contribution in [0.5, 0.6) is 0 Å². The molecule has 1 heterocycles. The van der Waals surface area contributed by atoms with Crippen LogP contribution < -0.4 is 5.32 Å². The fourth-order valence-electron chi connectivity index (χ4n) is 1.35. The van der Waals surface area contributed by atoms with Crippen LogP contribution >= 0.6 is 11.6 Å². The minimum absolute atomic E-state index is 0.520. The number of halogens is 1. The third kappa shape index (κ3) is 4.07. The summed E-state index contributed by atoms with van der Waals surface area (Å²) < 4.78 is 0. The number of aromatic nitrogens is 1. The van der Waals surface area contributed by atoms with E-state index in [1.165, 1.54) is 12.8 Å². The van der Waals surface area contributed by atoms with Crippen molar-refractivity contribution in [3.05, 3.63) is 23.0 Å². The van der Waals surface area contributed by atoms with Gasteiger partial charge in [0.15, 0.2) is 0 Å². The molecule has 2 nitrogen and oxygen atoms in total. The Morgan fingerprint density at radius 1 is 1.41 bits per heavy atom. The number of rotatable bonds is 2. The number of hydrogen-bond donors (Lipinski definition) is 1. The van der Waals surface area contributed by atoms with Crippen LogP contribution in [0.25, 0.3) is 0 Å². The van der Waals surface area contributed by atoms with E-state index in [9.17, 15) is 0 Å². The van der Waals surface area contributed by atoms with Gasteiger partial charge in [0.2, 0.25) is 0 Å². The Morgan fingerprint density at radius 3 is 2.71 bits per heavy atom. The normalized spacial score (nSPS) is 15.1. The maximum atomic E-state index is 5.92. The van der Waals surface area contributed by atoms with E-state index < -0.39 is 8.07 Å². The highest BCUT2D eigenvalue weighted by molar-refractivity contribution is 6.83. The van der Waals surface area contributed by atoms with Crippen molar-refractivity contribution >= 4 is 25.4 Å². The van der Waals surface area contributed by atoms with Gasteiger partial charge < -0.3 is 5.32 Å². The van der Waals surface area contributed by atoms with Crippen LogP contribution in [0.4, 0.5) is 5.69 Å². The summed E-state index contributed by atoms with van der Waals surface area (Å²) in [5.74, 6) is 3.24. The molecule has 0 aliphatic heterocycles. The lowest BCUT2D eigenvalue weighted by Gasteiger charge is -2.08. The molecule has 1 N–H and O–H groups in total. The molecule has 4 heteroatoms. The average molecular weight is 265 g/mol. The van der Waals surface area contributed by atoms with Gasteiger partial charge in [0.1, 0.15) is 13.2 Å². The van der Waals surface area contributed by atoms with Gasteiger partial charge in [0.25, 0.3) is 0 Å². The number of nitrogens with zero attached hydrogens (tertiary/aromatic N) is 1. The van der Waals surface area contributed by atoms with Gasteiger partial charge >= 0.3 is 0 Å². The lowest BCUT2D eigenvalue weighted by molar-refractivity contribution is 1.14. The molecule has 1 fully saturated rings. The zero-order chi connectivity index (χ0) is 12.5. The van der Waals surface area contributed by atoms with E-state index >= 15 is 0 Å². The fourth-order valence-corrected chi connectivity index (χ4v) is 2.02. The minimum atomic E-state index is -1.35. The summed E-state index contributed by atoms with van der Waals surface area (Å²) in [6.45, 7) is 6.70. The molecule has 0 amide bonds. The second-order valence-corrected chi connectivity index (χ2v) is 10.6. The summed E-state index contributed by atoms with van der Waals surface area (Å²) in [7, 11) is -1.35. The van der Waals surface area contributed by atoms with E-state index in [-0.39, 0.29) is 0 Å². The molecule has 1 saturated carbocycles. The third-order valence-electron chi connectivity index (χ3n) is 2.38. The Morgan fingerprint density at radius 2 is 2.12 bits per heavy atom. The number of hydrogen-bond acceptors (Lipinski definition) is 2. The summed E-state index contributed by atoms with van der Waals surface area (Å²) in [4.78, 5) is 4.11. The molecule has 0 aromatic carbocycles. The Bertz CT molecular complexity index is 478. The first kappa shape index (κ1) is 12.5. The molecule has 0 atom stereocenters. The smallest absolute Gasteiger partial charge is 0.131 e. The molecule has 1 aromatic rings. The van der Waals surface area contributed by atoms with Crippen molar-refractivity contribution in [1.29, 1.82) is 0 Å². The van der Waals surface area contributed by atoms with Crippen LogP contribution in [0.2, 0.25) is 24.8 Å². The first-order valence-corrected chi connectivity index (χ1v) is 9.77. The van der Waals surface area contributed by atoms with Crippen LogP contribution in [-0.4, -0.2) is 19.1 Å². The van der Waals surface area contributed by atoms with Crippen molar-refractivity contribution in [2.45, 2.75) is 38.5 Å². The molecule has 17 heavy (non-hydrogen) atoms. The Kier molecular flexibility index (Phi) is 3.46. The van der Waals surface area contributed by atoms with Gasteiger partial charge in [-0.3, -0.25) is 0 Å². The fraction of sp³-hybridized carbons (Fsp3) is 0.462. The van der Waals surface area contributed by atoms with Gasteiger partial charge in [0, 0.05) is 12.2 Å². The van der Waals surface area contributed by atoms with E-state index in [4.69, 9.17) is 11.6 Å². The van der Waals surface area contributed by atoms with Crippen molar-refractivity contribution in [2.24, 2.45) is 0 Å². The van der Waals surface area contributed by atoms with E-state index in [2.05, 4.69) is 41.4 Å². The third-order valence-corrected chi connectivity index (χ3v) is 3.46. The van der Waals surface area contributed by atoms with Gasteiger partial charge in [-0.1, -0.05) is 37.2 Å². The van der Waals surface area contributed by atoms with Crippen LogP contribution in [0.3, 0.4) is 0 Å². The first-order valence-electron chi connectivity index (χ1n) is 5.89. The summed E-state index contributed by atoms with van der Waals surface area (Å²) in [5.41, 5.74) is 5.35. The average Bonchev–Trinajstić information content (AvgIpc) is 2.99.